The number of hydrogen-bond acceptors (Lipinski definition) is 4. The van der Waals surface area contributed by atoms with Gasteiger partial charge in [0.05, 0.1) is 11.8 Å². The van der Waals surface area contributed by atoms with E-state index in [-0.39, 0.29) is 11.3 Å². The van der Waals surface area contributed by atoms with Gasteiger partial charge in [0.25, 0.3) is 5.91 Å². The number of hydrazone groups is 1. The number of phenols is 1. The molecule has 0 spiro atoms. The number of benzene rings is 3. The molecule has 0 bridgehead atoms. The van der Waals surface area contributed by atoms with Crippen molar-refractivity contribution < 1.29 is 14.6 Å². The summed E-state index contributed by atoms with van der Waals surface area (Å²) in [6, 6.07) is 20.2. The molecule has 0 aromatic heterocycles. The van der Waals surface area contributed by atoms with Gasteiger partial charge < -0.3 is 9.84 Å². The van der Waals surface area contributed by atoms with Crippen molar-refractivity contribution in [3.63, 3.8) is 0 Å². The minimum atomic E-state index is -0.492. The first-order chi connectivity index (χ1) is 13.5. The summed E-state index contributed by atoms with van der Waals surface area (Å²) in [5.41, 5.74) is 5.67. The molecule has 0 heterocycles. The molecule has 1 amide bonds. The van der Waals surface area contributed by atoms with E-state index in [0.29, 0.717) is 11.1 Å². The van der Waals surface area contributed by atoms with E-state index in [1.165, 1.54) is 23.9 Å². The van der Waals surface area contributed by atoms with Gasteiger partial charge in [-0.05, 0) is 60.5 Å². The summed E-state index contributed by atoms with van der Waals surface area (Å²) in [7, 11) is 0. The van der Waals surface area contributed by atoms with E-state index >= 15 is 0 Å². The molecule has 0 radical (unpaired) electrons. The summed E-state index contributed by atoms with van der Waals surface area (Å²) in [6.07, 6.45) is 1.52. The van der Waals surface area contributed by atoms with Gasteiger partial charge in [-0.1, -0.05) is 45.8 Å². The molecule has 5 nitrogen and oxygen atoms in total. The Kier molecular flexibility index (Phi) is 6.45. The molecular formula is C22H19BrN2O3. The molecule has 0 aliphatic carbocycles. The van der Waals surface area contributed by atoms with Crippen LogP contribution in [0.2, 0.25) is 0 Å². The fourth-order valence-corrected chi connectivity index (χ4v) is 2.78. The number of aryl methyl sites for hydroxylation is 1. The number of halogens is 1. The third-order valence-corrected chi connectivity index (χ3v) is 4.48. The highest BCUT2D eigenvalue weighted by molar-refractivity contribution is 9.10. The molecule has 3 aromatic rings. The number of rotatable bonds is 6. The van der Waals surface area contributed by atoms with Gasteiger partial charge in [-0.25, -0.2) is 5.43 Å². The zero-order valence-electron chi connectivity index (χ0n) is 15.2. The van der Waals surface area contributed by atoms with Gasteiger partial charge in [-0.15, -0.1) is 0 Å². The van der Waals surface area contributed by atoms with Gasteiger partial charge >= 0.3 is 0 Å². The smallest absolute Gasteiger partial charge is 0.275 e. The van der Waals surface area contributed by atoms with Crippen molar-refractivity contribution in [3.05, 3.63) is 93.5 Å². The molecule has 142 valence electrons. The van der Waals surface area contributed by atoms with E-state index in [4.69, 9.17) is 4.74 Å². The molecule has 0 saturated heterocycles. The van der Waals surface area contributed by atoms with Crippen LogP contribution in [0.4, 0.5) is 0 Å². The molecule has 3 rings (SSSR count). The van der Waals surface area contributed by atoms with E-state index in [9.17, 15) is 9.90 Å². The van der Waals surface area contributed by atoms with Crippen molar-refractivity contribution in [1.29, 1.82) is 0 Å². The second-order valence-electron chi connectivity index (χ2n) is 6.20. The predicted molar refractivity (Wildman–Crippen MR) is 113 cm³/mol. The highest BCUT2D eigenvalue weighted by Crippen LogP contribution is 2.21. The molecule has 6 heteroatoms. The summed E-state index contributed by atoms with van der Waals surface area (Å²) in [4.78, 5) is 12.1. The molecule has 2 N–H and O–H groups in total. The fraction of sp³-hybridized carbons (Fsp3) is 0.0909. The Morgan fingerprint density at radius 2 is 1.82 bits per heavy atom. The lowest BCUT2D eigenvalue weighted by Gasteiger charge is -2.07. The summed E-state index contributed by atoms with van der Waals surface area (Å²) in [5, 5.41) is 13.7. The van der Waals surface area contributed by atoms with Crippen molar-refractivity contribution in [2.45, 2.75) is 13.5 Å². The van der Waals surface area contributed by atoms with E-state index < -0.39 is 5.91 Å². The van der Waals surface area contributed by atoms with Crippen LogP contribution < -0.4 is 10.2 Å². The fourth-order valence-electron chi connectivity index (χ4n) is 2.42. The molecular weight excluding hydrogens is 420 g/mol. The number of carbonyl (C=O) groups excluding carboxylic acids is 1. The quantitative estimate of drug-likeness (QED) is 0.428. The maximum absolute atomic E-state index is 12.1. The molecule has 0 aliphatic rings. The van der Waals surface area contributed by atoms with E-state index in [1.807, 2.05) is 36.4 Å². The summed E-state index contributed by atoms with van der Waals surface area (Å²) < 4.78 is 6.46. The zero-order chi connectivity index (χ0) is 19.9. The van der Waals surface area contributed by atoms with Crippen LogP contribution >= 0.6 is 15.9 Å². The van der Waals surface area contributed by atoms with E-state index in [1.54, 1.807) is 6.07 Å². The molecule has 0 aliphatic heterocycles. The van der Waals surface area contributed by atoms with Crippen molar-refractivity contribution >= 4 is 28.1 Å². The van der Waals surface area contributed by atoms with Gasteiger partial charge in [-0.2, -0.15) is 5.10 Å². The number of ether oxygens (including phenoxy) is 1. The number of phenolic OH excluding ortho intramolecular Hbond substituents is 1. The molecule has 0 atom stereocenters. The summed E-state index contributed by atoms with van der Waals surface area (Å²) in [6.45, 7) is 2.55. The Balaban J connectivity index is 1.54. The van der Waals surface area contributed by atoms with Gasteiger partial charge in [0.1, 0.15) is 18.1 Å². The summed E-state index contributed by atoms with van der Waals surface area (Å²) in [5.74, 6) is 0.153. The number of hydrogen-bond donors (Lipinski definition) is 2. The molecule has 0 unspecified atom stereocenters. The number of amides is 1. The van der Waals surface area contributed by atoms with E-state index in [0.717, 1.165) is 16.9 Å². The maximum atomic E-state index is 12.1. The first-order valence-corrected chi connectivity index (χ1v) is 9.41. The Labute approximate surface area is 171 Å². The van der Waals surface area contributed by atoms with Gasteiger partial charge in [0.15, 0.2) is 0 Å². The van der Waals surface area contributed by atoms with Gasteiger partial charge in [-0.3, -0.25) is 4.79 Å². The lowest BCUT2D eigenvalue weighted by molar-refractivity contribution is 0.0952. The minimum Gasteiger partial charge on any atom is -0.507 e. The first-order valence-electron chi connectivity index (χ1n) is 8.61. The maximum Gasteiger partial charge on any atom is 0.275 e. The van der Waals surface area contributed by atoms with Crippen LogP contribution in [0.5, 0.6) is 11.5 Å². The highest BCUT2D eigenvalue weighted by Gasteiger charge is 2.10. The Morgan fingerprint density at radius 1 is 1.11 bits per heavy atom. The molecule has 3 aromatic carbocycles. The number of carbonyl (C=O) groups is 1. The number of aromatic hydroxyl groups is 1. The SMILES string of the molecule is Cc1ccc(COc2ccc(C=NNC(=O)c3cc(Br)ccc3O)cc2)cc1. The van der Waals surface area contributed by atoms with Crippen LogP contribution in [0.15, 0.2) is 76.3 Å². The van der Waals surface area contributed by atoms with Crippen molar-refractivity contribution in [3.8, 4) is 11.5 Å². The topological polar surface area (TPSA) is 70.9 Å². The second kappa shape index (κ2) is 9.19. The van der Waals surface area contributed by atoms with Crippen LogP contribution in [0, 0.1) is 6.92 Å². The Morgan fingerprint density at radius 3 is 2.54 bits per heavy atom. The largest absolute Gasteiger partial charge is 0.507 e. The monoisotopic (exact) mass is 438 g/mol. The second-order valence-corrected chi connectivity index (χ2v) is 7.12. The zero-order valence-corrected chi connectivity index (χ0v) is 16.8. The van der Waals surface area contributed by atoms with Crippen LogP contribution in [0.25, 0.3) is 0 Å². The van der Waals surface area contributed by atoms with Crippen molar-refractivity contribution in [1.82, 2.24) is 5.43 Å². The standard InChI is InChI=1S/C22H19BrN2O3/c1-15-2-4-17(5-3-15)14-28-19-9-6-16(7-10-19)13-24-25-22(27)20-12-18(23)8-11-21(20)26/h2-13,26H,14H2,1H3,(H,25,27). The number of nitrogens with one attached hydrogen (secondary N) is 1. The average molecular weight is 439 g/mol. The van der Waals surface area contributed by atoms with Crippen molar-refractivity contribution in [2.75, 3.05) is 0 Å². The lowest BCUT2D eigenvalue weighted by Crippen LogP contribution is -2.17. The van der Waals surface area contributed by atoms with Crippen LogP contribution in [0.3, 0.4) is 0 Å². The van der Waals surface area contributed by atoms with E-state index in [2.05, 4.69) is 45.5 Å². The number of nitrogens with zero attached hydrogens (tertiary/aromatic N) is 1. The minimum absolute atomic E-state index is 0.106. The van der Waals surface area contributed by atoms with Gasteiger partial charge in [0, 0.05) is 4.47 Å². The van der Waals surface area contributed by atoms with Crippen molar-refractivity contribution in [2.24, 2.45) is 5.10 Å². The Hall–Kier alpha value is -3.12. The molecule has 0 saturated carbocycles. The highest BCUT2D eigenvalue weighted by atomic mass is 79.9. The molecule has 0 fully saturated rings. The predicted octanol–water partition coefficient (Wildman–Crippen LogP) is 4.81. The van der Waals surface area contributed by atoms with Crippen LogP contribution in [-0.2, 0) is 6.61 Å². The third-order valence-electron chi connectivity index (χ3n) is 3.99. The third kappa shape index (κ3) is 5.44. The van der Waals surface area contributed by atoms with Crippen LogP contribution in [0.1, 0.15) is 27.0 Å². The van der Waals surface area contributed by atoms with Gasteiger partial charge in [0.2, 0.25) is 0 Å². The summed E-state index contributed by atoms with van der Waals surface area (Å²) >= 11 is 3.27. The Bertz CT molecular complexity index is 984. The van der Waals surface area contributed by atoms with Crippen LogP contribution in [-0.4, -0.2) is 17.2 Å². The molecule has 28 heavy (non-hydrogen) atoms. The lowest BCUT2D eigenvalue weighted by atomic mass is 10.2. The first kappa shape index (κ1) is 19.6. The normalized spacial score (nSPS) is 10.8. The average Bonchev–Trinajstić information content (AvgIpc) is 2.70.